The van der Waals surface area contributed by atoms with Crippen LogP contribution < -0.4 is 10.6 Å². The van der Waals surface area contributed by atoms with Gasteiger partial charge >= 0.3 is 0 Å². The number of rotatable bonds is 7. The molecule has 0 aliphatic heterocycles. The number of nitrogens with one attached hydrogen (secondary N) is 2. The third-order valence-electron chi connectivity index (χ3n) is 2.84. The van der Waals surface area contributed by atoms with Crippen molar-refractivity contribution in [2.75, 3.05) is 19.6 Å². The van der Waals surface area contributed by atoms with Crippen LogP contribution in [0.5, 0.6) is 0 Å². The van der Waals surface area contributed by atoms with E-state index in [1.165, 1.54) is 23.5 Å². The van der Waals surface area contributed by atoms with Gasteiger partial charge in [0.1, 0.15) is 16.5 Å². The molecule has 0 atom stereocenters. The number of nitrogens with zero attached hydrogens (tertiary/aromatic N) is 1. The van der Waals surface area contributed by atoms with Crippen LogP contribution in [0.15, 0.2) is 29.6 Å². The number of thiazole rings is 1. The molecule has 2 aromatic rings. The third kappa shape index (κ3) is 4.61. The molecular weight excluding hydrogens is 289 g/mol. The largest absolute Gasteiger partial charge is 0.349 e. The fourth-order valence-corrected chi connectivity index (χ4v) is 2.57. The van der Waals surface area contributed by atoms with Crippen molar-refractivity contribution in [2.24, 2.45) is 0 Å². The first kappa shape index (κ1) is 15.6. The molecule has 21 heavy (non-hydrogen) atoms. The van der Waals surface area contributed by atoms with Crippen LogP contribution in [0.3, 0.4) is 0 Å². The number of hydrogen-bond donors (Lipinski definition) is 2. The first-order chi connectivity index (χ1) is 10.2. The Morgan fingerprint density at radius 3 is 2.71 bits per heavy atom. The Bertz CT molecular complexity index is 583. The molecule has 0 saturated carbocycles. The molecule has 0 unspecified atom stereocenters. The first-order valence-corrected chi connectivity index (χ1v) is 7.79. The standard InChI is InChI=1S/C15H18FN3OS/c1-2-7-17-8-9-18-14(20)13-10-21-15(19-13)11-3-5-12(16)6-4-11/h3-6,10,17H,2,7-9H2,1H3,(H,18,20). The summed E-state index contributed by atoms with van der Waals surface area (Å²) < 4.78 is 12.9. The SMILES string of the molecule is CCCNCCNC(=O)c1csc(-c2ccc(F)cc2)n1. The zero-order valence-corrected chi connectivity index (χ0v) is 12.7. The highest BCUT2D eigenvalue weighted by atomic mass is 32.1. The van der Waals surface area contributed by atoms with Crippen LogP contribution in [0, 0.1) is 5.82 Å². The molecule has 0 fully saturated rings. The van der Waals surface area contributed by atoms with Crippen LogP contribution in [0.1, 0.15) is 23.8 Å². The first-order valence-electron chi connectivity index (χ1n) is 6.91. The minimum absolute atomic E-state index is 0.182. The van der Waals surface area contributed by atoms with Gasteiger partial charge in [-0.05, 0) is 37.2 Å². The summed E-state index contributed by atoms with van der Waals surface area (Å²) in [4.78, 5) is 16.2. The molecule has 1 aromatic carbocycles. The topological polar surface area (TPSA) is 54.0 Å². The summed E-state index contributed by atoms with van der Waals surface area (Å²) in [5.74, 6) is -0.467. The van der Waals surface area contributed by atoms with Crippen molar-refractivity contribution in [3.63, 3.8) is 0 Å². The molecule has 0 bridgehead atoms. The predicted molar refractivity (Wildman–Crippen MR) is 83.0 cm³/mol. The van der Waals surface area contributed by atoms with Gasteiger partial charge in [0.15, 0.2) is 0 Å². The number of halogens is 1. The Morgan fingerprint density at radius 2 is 2.00 bits per heavy atom. The molecule has 2 rings (SSSR count). The third-order valence-corrected chi connectivity index (χ3v) is 3.73. The van der Waals surface area contributed by atoms with E-state index >= 15 is 0 Å². The van der Waals surface area contributed by atoms with E-state index in [-0.39, 0.29) is 11.7 Å². The summed E-state index contributed by atoms with van der Waals surface area (Å²) in [5, 5.41) is 8.45. The molecule has 112 valence electrons. The molecule has 2 N–H and O–H groups in total. The summed E-state index contributed by atoms with van der Waals surface area (Å²) >= 11 is 1.37. The maximum atomic E-state index is 12.9. The van der Waals surface area contributed by atoms with Crippen LogP contribution in [0.2, 0.25) is 0 Å². The second kappa shape index (κ2) is 7.85. The van der Waals surface area contributed by atoms with Crippen molar-refractivity contribution < 1.29 is 9.18 Å². The summed E-state index contributed by atoms with van der Waals surface area (Å²) in [5.41, 5.74) is 1.21. The fourth-order valence-electron chi connectivity index (χ4n) is 1.76. The Morgan fingerprint density at radius 1 is 1.24 bits per heavy atom. The lowest BCUT2D eigenvalue weighted by molar-refractivity contribution is 0.0949. The van der Waals surface area contributed by atoms with E-state index in [0.717, 1.165) is 25.1 Å². The lowest BCUT2D eigenvalue weighted by Gasteiger charge is -2.04. The molecule has 0 spiro atoms. The lowest BCUT2D eigenvalue weighted by atomic mass is 10.2. The maximum absolute atomic E-state index is 12.9. The maximum Gasteiger partial charge on any atom is 0.270 e. The fraction of sp³-hybridized carbons (Fsp3) is 0.333. The average Bonchev–Trinajstić information content (AvgIpc) is 2.97. The van der Waals surface area contributed by atoms with Gasteiger partial charge in [0.05, 0.1) is 0 Å². The zero-order chi connectivity index (χ0) is 15.1. The Labute approximate surface area is 127 Å². The number of amides is 1. The highest BCUT2D eigenvalue weighted by Crippen LogP contribution is 2.23. The van der Waals surface area contributed by atoms with Crippen LogP contribution in [-0.2, 0) is 0 Å². The monoisotopic (exact) mass is 307 g/mol. The van der Waals surface area contributed by atoms with Crippen molar-refractivity contribution in [1.82, 2.24) is 15.6 Å². The molecular formula is C15H18FN3OS. The Balaban J connectivity index is 1.90. The number of aromatic nitrogens is 1. The van der Waals surface area contributed by atoms with Gasteiger partial charge in [0.25, 0.3) is 5.91 Å². The Kier molecular flexibility index (Phi) is 5.83. The molecule has 1 aromatic heterocycles. The van der Waals surface area contributed by atoms with E-state index in [4.69, 9.17) is 0 Å². The molecule has 6 heteroatoms. The van der Waals surface area contributed by atoms with Crippen LogP contribution in [-0.4, -0.2) is 30.5 Å². The summed E-state index contributed by atoms with van der Waals surface area (Å²) in [6.07, 6.45) is 1.07. The summed E-state index contributed by atoms with van der Waals surface area (Å²) in [7, 11) is 0. The second-order valence-electron chi connectivity index (χ2n) is 4.55. The van der Waals surface area contributed by atoms with Gasteiger partial charge in [-0.25, -0.2) is 9.37 Å². The van der Waals surface area contributed by atoms with E-state index in [0.29, 0.717) is 17.2 Å². The van der Waals surface area contributed by atoms with Crippen molar-refractivity contribution in [3.8, 4) is 10.6 Å². The van der Waals surface area contributed by atoms with Crippen LogP contribution in [0.4, 0.5) is 4.39 Å². The average molecular weight is 307 g/mol. The van der Waals surface area contributed by atoms with Crippen molar-refractivity contribution in [1.29, 1.82) is 0 Å². The zero-order valence-electron chi connectivity index (χ0n) is 11.9. The number of benzene rings is 1. The number of carbonyl (C=O) groups is 1. The predicted octanol–water partition coefficient (Wildman–Crippen LogP) is 2.68. The van der Waals surface area contributed by atoms with E-state index in [1.54, 1.807) is 17.5 Å². The van der Waals surface area contributed by atoms with Crippen LogP contribution >= 0.6 is 11.3 Å². The van der Waals surface area contributed by atoms with Crippen molar-refractivity contribution >= 4 is 17.2 Å². The minimum atomic E-state index is -0.284. The van der Waals surface area contributed by atoms with Gasteiger partial charge in [0.2, 0.25) is 0 Å². The number of hydrogen-bond acceptors (Lipinski definition) is 4. The highest BCUT2D eigenvalue weighted by Gasteiger charge is 2.11. The molecule has 0 aliphatic rings. The van der Waals surface area contributed by atoms with Gasteiger partial charge < -0.3 is 10.6 Å². The van der Waals surface area contributed by atoms with E-state index in [9.17, 15) is 9.18 Å². The van der Waals surface area contributed by atoms with Gasteiger partial charge in [-0.1, -0.05) is 6.92 Å². The van der Waals surface area contributed by atoms with E-state index in [2.05, 4.69) is 22.5 Å². The lowest BCUT2D eigenvalue weighted by Crippen LogP contribution is -2.32. The summed E-state index contributed by atoms with van der Waals surface area (Å²) in [6, 6.07) is 6.08. The quantitative estimate of drug-likeness (QED) is 0.773. The van der Waals surface area contributed by atoms with Gasteiger partial charge in [0, 0.05) is 24.0 Å². The molecule has 0 radical (unpaired) electrons. The molecule has 0 aliphatic carbocycles. The van der Waals surface area contributed by atoms with Gasteiger partial charge in [-0.3, -0.25) is 4.79 Å². The van der Waals surface area contributed by atoms with Crippen molar-refractivity contribution in [3.05, 3.63) is 41.2 Å². The molecule has 0 saturated heterocycles. The summed E-state index contributed by atoms with van der Waals surface area (Å²) in [6.45, 7) is 4.36. The number of carbonyl (C=O) groups excluding carboxylic acids is 1. The Hall–Kier alpha value is -1.79. The molecule has 4 nitrogen and oxygen atoms in total. The van der Waals surface area contributed by atoms with Gasteiger partial charge in [-0.2, -0.15) is 0 Å². The highest BCUT2D eigenvalue weighted by molar-refractivity contribution is 7.13. The van der Waals surface area contributed by atoms with Crippen LogP contribution in [0.25, 0.3) is 10.6 Å². The van der Waals surface area contributed by atoms with E-state index in [1.807, 2.05) is 0 Å². The second-order valence-corrected chi connectivity index (χ2v) is 5.41. The molecule has 1 heterocycles. The molecule has 1 amide bonds. The van der Waals surface area contributed by atoms with Gasteiger partial charge in [-0.15, -0.1) is 11.3 Å². The minimum Gasteiger partial charge on any atom is -0.349 e. The smallest absolute Gasteiger partial charge is 0.270 e. The van der Waals surface area contributed by atoms with E-state index < -0.39 is 0 Å². The van der Waals surface area contributed by atoms with Crippen molar-refractivity contribution in [2.45, 2.75) is 13.3 Å². The normalized spacial score (nSPS) is 10.6.